The van der Waals surface area contributed by atoms with E-state index in [2.05, 4.69) is 23.8 Å². The van der Waals surface area contributed by atoms with Gasteiger partial charge in [0.05, 0.1) is 6.61 Å². The summed E-state index contributed by atoms with van der Waals surface area (Å²) in [6.45, 7) is 10.4. The van der Waals surface area contributed by atoms with E-state index in [1.54, 1.807) is 4.90 Å². The van der Waals surface area contributed by atoms with Gasteiger partial charge in [0.1, 0.15) is 5.56 Å². The summed E-state index contributed by atoms with van der Waals surface area (Å²) in [4.78, 5) is 9.93. The standard InChI is InChI=1S/C20H26F3N3O/c1-6-26(17-10-8-7-9-15(17)14(4)5)19-24-11-16(20(21,22)23)18(25-19)27-12-13(2)3/h7-11,13-14H,6,12H2,1-5H3. The molecule has 0 radical (unpaired) electrons. The van der Waals surface area contributed by atoms with Crippen LogP contribution in [-0.4, -0.2) is 23.1 Å². The van der Waals surface area contributed by atoms with Crippen molar-refractivity contribution in [2.75, 3.05) is 18.1 Å². The molecule has 0 aliphatic rings. The Hall–Kier alpha value is -2.31. The van der Waals surface area contributed by atoms with Gasteiger partial charge in [0, 0.05) is 18.4 Å². The van der Waals surface area contributed by atoms with E-state index in [0.717, 1.165) is 17.4 Å². The van der Waals surface area contributed by atoms with Crippen molar-refractivity contribution < 1.29 is 17.9 Å². The number of hydrogen-bond donors (Lipinski definition) is 0. The van der Waals surface area contributed by atoms with Gasteiger partial charge in [-0.15, -0.1) is 0 Å². The van der Waals surface area contributed by atoms with E-state index < -0.39 is 17.6 Å². The van der Waals surface area contributed by atoms with Gasteiger partial charge in [-0.25, -0.2) is 4.98 Å². The van der Waals surface area contributed by atoms with Crippen LogP contribution in [0, 0.1) is 5.92 Å². The molecule has 1 aromatic carbocycles. The van der Waals surface area contributed by atoms with E-state index in [1.165, 1.54) is 0 Å². The summed E-state index contributed by atoms with van der Waals surface area (Å²) >= 11 is 0. The van der Waals surface area contributed by atoms with Gasteiger partial charge in [0.2, 0.25) is 11.8 Å². The molecule has 1 heterocycles. The van der Waals surface area contributed by atoms with Gasteiger partial charge in [-0.3, -0.25) is 0 Å². The average molecular weight is 381 g/mol. The van der Waals surface area contributed by atoms with E-state index in [1.807, 2.05) is 45.0 Å². The molecule has 27 heavy (non-hydrogen) atoms. The van der Waals surface area contributed by atoms with Crippen LogP contribution in [0.15, 0.2) is 30.5 Å². The number of hydrogen-bond acceptors (Lipinski definition) is 4. The molecule has 4 nitrogen and oxygen atoms in total. The topological polar surface area (TPSA) is 38.2 Å². The normalized spacial score (nSPS) is 11.9. The predicted octanol–water partition coefficient (Wildman–Crippen LogP) is 5.81. The fraction of sp³-hybridized carbons (Fsp3) is 0.500. The Labute approximate surface area is 158 Å². The lowest BCUT2D eigenvalue weighted by Gasteiger charge is -2.26. The van der Waals surface area contributed by atoms with Crippen molar-refractivity contribution in [2.45, 2.75) is 46.7 Å². The summed E-state index contributed by atoms with van der Waals surface area (Å²) in [5, 5.41) is 0. The molecule has 2 aromatic rings. The first-order chi connectivity index (χ1) is 12.6. The molecule has 0 unspecified atom stereocenters. The van der Waals surface area contributed by atoms with Gasteiger partial charge in [-0.05, 0) is 30.4 Å². The van der Waals surface area contributed by atoms with Gasteiger partial charge < -0.3 is 9.64 Å². The largest absolute Gasteiger partial charge is 0.477 e. The molecule has 0 saturated carbocycles. The molecule has 0 aliphatic heterocycles. The van der Waals surface area contributed by atoms with Crippen LogP contribution in [0.4, 0.5) is 24.8 Å². The zero-order valence-corrected chi connectivity index (χ0v) is 16.3. The Bertz CT molecular complexity index is 760. The van der Waals surface area contributed by atoms with Crippen molar-refractivity contribution in [1.82, 2.24) is 9.97 Å². The fourth-order valence-electron chi connectivity index (χ4n) is 2.68. The third-order valence-electron chi connectivity index (χ3n) is 4.01. The Morgan fingerprint density at radius 1 is 1.11 bits per heavy atom. The second-order valence-corrected chi connectivity index (χ2v) is 7.05. The number of halogens is 3. The number of alkyl halides is 3. The number of aromatic nitrogens is 2. The second-order valence-electron chi connectivity index (χ2n) is 7.05. The SMILES string of the molecule is CCN(c1ncc(C(F)(F)F)c(OCC(C)C)n1)c1ccccc1C(C)C. The smallest absolute Gasteiger partial charge is 0.423 e. The van der Waals surface area contributed by atoms with Crippen LogP contribution in [0.5, 0.6) is 5.88 Å². The van der Waals surface area contributed by atoms with Crippen LogP contribution in [0.1, 0.15) is 51.7 Å². The Morgan fingerprint density at radius 3 is 2.33 bits per heavy atom. The van der Waals surface area contributed by atoms with Crippen LogP contribution in [0.3, 0.4) is 0 Å². The molecule has 0 aliphatic carbocycles. The summed E-state index contributed by atoms with van der Waals surface area (Å²) < 4.78 is 45.3. The monoisotopic (exact) mass is 381 g/mol. The molecular weight excluding hydrogens is 355 g/mol. The predicted molar refractivity (Wildman–Crippen MR) is 101 cm³/mol. The summed E-state index contributed by atoms with van der Waals surface area (Å²) in [6, 6.07) is 7.76. The maximum absolute atomic E-state index is 13.3. The summed E-state index contributed by atoms with van der Waals surface area (Å²) in [7, 11) is 0. The lowest BCUT2D eigenvalue weighted by molar-refractivity contribution is -0.139. The van der Waals surface area contributed by atoms with E-state index in [-0.39, 0.29) is 24.4 Å². The number of para-hydroxylation sites is 1. The number of anilines is 2. The molecule has 0 fully saturated rings. The number of rotatable bonds is 7. The minimum Gasteiger partial charge on any atom is -0.477 e. The van der Waals surface area contributed by atoms with E-state index >= 15 is 0 Å². The summed E-state index contributed by atoms with van der Waals surface area (Å²) in [5.74, 6) is 0.0915. The molecule has 2 rings (SSSR count). The number of benzene rings is 1. The first kappa shape index (κ1) is 21.0. The van der Waals surface area contributed by atoms with Crippen LogP contribution < -0.4 is 9.64 Å². The van der Waals surface area contributed by atoms with Crippen LogP contribution in [0.25, 0.3) is 0 Å². The van der Waals surface area contributed by atoms with Crippen molar-refractivity contribution in [1.29, 1.82) is 0 Å². The molecule has 0 saturated heterocycles. The van der Waals surface area contributed by atoms with Gasteiger partial charge in [-0.1, -0.05) is 45.9 Å². The highest BCUT2D eigenvalue weighted by Crippen LogP contribution is 2.37. The van der Waals surface area contributed by atoms with Gasteiger partial charge >= 0.3 is 6.18 Å². The minimum atomic E-state index is -4.57. The van der Waals surface area contributed by atoms with Crippen molar-refractivity contribution in [3.63, 3.8) is 0 Å². The average Bonchev–Trinajstić information content (AvgIpc) is 2.60. The van der Waals surface area contributed by atoms with Gasteiger partial charge in [0.25, 0.3) is 0 Å². The maximum atomic E-state index is 13.3. The zero-order valence-electron chi connectivity index (χ0n) is 16.3. The van der Waals surface area contributed by atoms with Gasteiger partial charge in [-0.2, -0.15) is 18.2 Å². The fourth-order valence-corrected chi connectivity index (χ4v) is 2.68. The third kappa shape index (κ3) is 5.11. The quantitative estimate of drug-likeness (QED) is 0.606. The Kier molecular flexibility index (Phi) is 6.68. The van der Waals surface area contributed by atoms with Crippen LogP contribution in [0.2, 0.25) is 0 Å². The highest BCUT2D eigenvalue weighted by Gasteiger charge is 2.36. The molecule has 0 spiro atoms. The third-order valence-corrected chi connectivity index (χ3v) is 4.01. The lowest BCUT2D eigenvalue weighted by Crippen LogP contribution is -2.22. The summed E-state index contributed by atoms with van der Waals surface area (Å²) in [5.41, 5.74) is 0.997. The van der Waals surface area contributed by atoms with E-state index in [0.29, 0.717) is 6.54 Å². The summed E-state index contributed by atoms with van der Waals surface area (Å²) in [6.07, 6.45) is -3.77. The number of ether oxygens (including phenoxy) is 1. The van der Waals surface area contributed by atoms with E-state index in [9.17, 15) is 13.2 Å². The van der Waals surface area contributed by atoms with Crippen LogP contribution >= 0.6 is 0 Å². The molecule has 0 amide bonds. The Balaban J connectivity index is 2.51. The van der Waals surface area contributed by atoms with Crippen molar-refractivity contribution in [3.05, 3.63) is 41.6 Å². The van der Waals surface area contributed by atoms with E-state index in [4.69, 9.17) is 4.74 Å². The second kappa shape index (κ2) is 8.59. The Morgan fingerprint density at radius 2 is 1.78 bits per heavy atom. The first-order valence-corrected chi connectivity index (χ1v) is 9.08. The molecule has 0 bridgehead atoms. The van der Waals surface area contributed by atoms with Crippen molar-refractivity contribution >= 4 is 11.6 Å². The number of nitrogens with zero attached hydrogens (tertiary/aromatic N) is 3. The maximum Gasteiger partial charge on any atom is 0.423 e. The molecular formula is C20H26F3N3O. The zero-order chi connectivity index (χ0) is 20.2. The molecule has 7 heteroatoms. The molecule has 0 atom stereocenters. The molecule has 148 valence electrons. The van der Waals surface area contributed by atoms with Crippen molar-refractivity contribution in [3.8, 4) is 5.88 Å². The van der Waals surface area contributed by atoms with Crippen molar-refractivity contribution in [2.24, 2.45) is 5.92 Å². The lowest BCUT2D eigenvalue weighted by atomic mass is 10.0. The van der Waals surface area contributed by atoms with Gasteiger partial charge in [0.15, 0.2) is 0 Å². The highest BCUT2D eigenvalue weighted by molar-refractivity contribution is 5.63. The molecule has 0 N–H and O–H groups in total. The highest BCUT2D eigenvalue weighted by atomic mass is 19.4. The minimum absolute atomic E-state index is 0.0773. The first-order valence-electron chi connectivity index (χ1n) is 9.08. The van der Waals surface area contributed by atoms with Crippen LogP contribution in [-0.2, 0) is 6.18 Å². The molecule has 1 aromatic heterocycles.